The number of hydrogen-bond donors (Lipinski definition) is 0. The molecule has 1 aliphatic rings. The molecule has 0 spiro atoms. The Labute approximate surface area is 135 Å². The van der Waals surface area contributed by atoms with Gasteiger partial charge < -0.3 is 0 Å². The summed E-state index contributed by atoms with van der Waals surface area (Å²) in [4.78, 5) is 0. The van der Waals surface area contributed by atoms with Crippen molar-refractivity contribution in [3.05, 3.63) is 0 Å². The molecular formula is C20H41B. The maximum atomic E-state index is 2.49. The lowest BCUT2D eigenvalue weighted by atomic mass is 9.61. The van der Waals surface area contributed by atoms with E-state index in [0.29, 0.717) is 0 Å². The first kappa shape index (κ1) is 19.1. The second kappa shape index (κ2) is 10.7. The molecule has 0 amide bonds. The van der Waals surface area contributed by atoms with Gasteiger partial charge >= 0.3 is 0 Å². The van der Waals surface area contributed by atoms with Crippen molar-refractivity contribution in [2.45, 2.75) is 105 Å². The fraction of sp³-hybridized carbons (Fsp3) is 1.00. The summed E-state index contributed by atoms with van der Waals surface area (Å²) < 4.78 is 0. The van der Waals surface area contributed by atoms with Crippen molar-refractivity contribution in [3.63, 3.8) is 0 Å². The van der Waals surface area contributed by atoms with E-state index in [1.807, 2.05) is 0 Å². The Bertz CT molecular complexity index is 240. The van der Waals surface area contributed by atoms with E-state index in [4.69, 9.17) is 0 Å². The molecule has 0 aliphatic carbocycles. The van der Waals surface area contributed by atoms with Gasteiger partial charge in [0.15, 0.2) is 0 Å². The van der Waals surface area contributed by atoms with Crippen molar-refractivity contribution < 1.29 is 0 Å². The predicted octanol–water partition coefficient (Wildman–Crippen LogP) is 7.18. The van der Waals surface area contributed by atoms with Gasteiger partial charge in [-0.2, -0.15) is 0 Å². The summed E-state index contributed by atoms with van der Waals surface area (Å²) in [6.07, 6.45) is 16.2. The Morgan fingerprint density at radius 2 is 1.43 bits per heavy atom. The standard InChI is InChI=1S/C20H41B/c1-6-7-8-10-18(4)19(5)11-9-12-20(15-17(2)3)16-21-13-14-21/h17-20H,6-16H2,1-5H3. The molecule has 1 saturated heterocycles. The SMILES string of the molecule is CCCCCC(C)C(C)CCCC(CB1CC1)CC(C)C. The van der Waals surface area contributed by atoms with E-state index in [2.05, 4.69) is 34.6 Å². The van der Waals surface area contributed by atoms with Gasteiger partial charge in [0.25, 0.3) is 0 Å². The zero-order chi connectivity index (χ0) is 15.7. The molecule has 1 aliphatic heterocycles. The molecule has 21 heavy (non-hydrogen) atoms. The molecule has 124 valence electrons. The Balaban J connectivity index is 2.15. The van der Waals surface area contributed by atoms with Gasteiger partial charge in [-0.05, 0) is 30.1 Å². The van der Waals surface area contributed by atoms with Crippen LogP contribution in [0.3, 0.4) is 0 Å². The monoisotopic (exact) mass is 292 g/mol. The third-order valence-electron chi connectivity index (χ3n) is 5.67. The quantitative estimate of drug-likeness (QED) is 0.249. The molecule has 1 heterocycles. The zero-order valence-electron chi connectivity index (χ0n) is 15.7. The van der Waals surface area contributed by atoms with Crippen LogP contribution in [-0.2, 0) is 0 Å². The summed E-state index contributed by atoms with van der Waals surface area (Å²) in [5.41, 5.74) is 0. The molecule has 3 unspecified atom stereocenters. The number of hydrogen-bond acceptors (Lipinski definition) is 0. The highest BCUT2D eigenvalue weighted by Crippen LogP contribution is 2.34. The first-order valence-corrected chi connectivity index (χ1v) is 10.0. The van der Waals surface area contributed by atoms with Crippen LogP contribution in [0.25, 0.3) is 0 Å². The van der Waals surface area contributed by atoms with Crippen LogP contribution in [0.2, 0.25) is 19.0 Å². The molecule has 0 bridgehead atoms. The molecule has 0 N–H and O–H groups in total. The summed E-state index contributed by atoms with van der Waals surface area (Å²) in [6.45, 7) is 13.2. The average Bonchev–Trinajstić information content (AvgIpc) is 3.21. The van der Waals surface area contributed by atoms with E-state index in [0.717, 1.165) is 30.4 Å². The molecule has 3 atom stereocenters. The van der Waals surface area contributed by atoms with E-state index in [1.165, 1.54) is 64.0 Å². The normalized spacial score (nSPS) is 18.9. The van der Waals surface area contributed by atoms with Crippen LogP contribution in [0.5, 0.6) is 0 Å². The maximum absolute atomic E-state index is 2.49. The smallest absolute Gasteiger partial charge is 0.0806 e. The van der Waals surface area contributed by atoms with Crippen molar-refractivity contribution in [3.8, 4) is 0 Å². The number of unbranched alkanes of at least 4 members (excludes halogenated alkanes) is 2. The van der Waals surface area contributed by atoms with Crippen LogP contribution >= 0.6 is 0 Å². The van der Waals surface area contributed by atoms with Gasteiger partial charge in [-0.1, -0.05) is 98.5 Å². The molecule has 0 aromatic carbocycles. The minimum absolute atomic E-state index is 0.888. The van der Waals surface area contributed by atoms with Crippen molar-refractivity contribution >= 4 is 6.71 Å². The fourth-order valence-corrected chi connectivity index (χ4v) is 3.84. The first-order chi connectivity index (χ1) is 10.0. The Morgan fingerprint density at radius 3 is 1.95 bits per heavy atom. The van der Waals surface area contributed by atoms with E-state index < -0.39 is 0 Å². The predicted molar refractivity (Wildman–Crippen MR) is 99.4 cm³/mol. The van der Waals surface area contributed by atoms with Crippen LogP contribution in [0.1, 0.15) is 86.0 Å². The lowest BCUT2D eigenvalue weighted by Gasteiger charge is -2.22. The lowest BCUT2D eigenvalue weighted by Crippen LogP contribution is -2.11. The highest BCUT2D eigenvalue weighted by atomic mass is 14.2. The van der Waals surface area contributed by atoms with E-state index in [-0.39, 0.29) is 0 Å². The second-order valence-electron chi connectivity index (χ2n) is 8.56. The Morgan fingerprint density at radius 1 is 0.810 bits per heavy atom. The van der Waals surface area contributed by atoms with E-state index in [9.17, 15) is 0 Å². The van der Waals surface area contributed by atoms with Crippen LogP contribution in [0.4, 0.5) is 0 Å². The fourth-order valence-electron chi connectivity index (χ4n) is 3.84. The van der Waals surface area contributed by atoms with Crippen LogP contribution in [-0.4, -0.2) is 6.71 Å². The van der Waals surface area contributed by atoms with E-state index >= 15 is 0 Å². The highest BCUT2D eigenvalue weighted by Gasteiger charge is 2.29. The van der Waals surface area contributed by atoms with Gasteiger partial charge in [-0.3, -0.25) is 0 Å². The zero-order valence-corrected chi connectivity index (χ0v) is 15.7. The summed E-state index contributed by atoms with van der Waals surface area (Å²) in [5, 5.41) is 0. The topological polar surface area (TPSA) is 0 Å². The van der Waals surface area contributed by atoms with Crippen LogP contribution in [0, 0.1) is 23.7 Å². The molecule has 0 saturated carbocycles. The number of rotatable bonds is 13. The van der Waals surface area contributed by atoms with Gasteiger partial charge in [0.1, 0.15) is 6.71 Å². The summed E-state index contributed by atoms with van der Waals surface area (Å²) in [6, 6.07) is 0. The van der Waals surface area contributed by atoms with Gasteiger partial charge in [-0.15, -0.1) is 0 Å². The van der Waals surface area contributed by atoms with Gasteiger partial charge in [0.2, 0.25) is 0 Å². The van der Waals surface area contributed by atoms with Gasteiger partial charge in [0, 0.05) is 0 Å². The third kappa shape index (κ3) is 9.64. The summed E-state index contributed by atoms with van der Waals surface area (Å²) >= 11 is 0. The molecule has 0 nitrogen and oxygen atoms in total. The molecule has 1 rings (SSSR count). The molecule has 0 radical (unpaired) electrons. The molecule has 0 aromatic rings. The van der Waals surface area contributed by atoms with E-state index in [1.54, 1.807) is 6.32 Å². The lowest BCUT2D eigenvalue weighted by molar-refractivity contribution is 0.309. The minimum atomic E-state index is 0.888. The van der Waals surface area contributed by atoms with Gasteiger partial charge in [0.05, 0.1) is 0 Å². The largest absolute Gasteiger partial charge is 0.138 e. The van der Waals surface area contributed by atoms with Gasteiger partial charge in [-0.25, -0.2) is 0 Å². The van der Waals surface area contributed by atoms with Crippen molar-refractivity contribution in [1.29, 1.82) is 0 Å². The third-order valence-corrected chi connectivity index (χ3v) is 5.67. The van der Waals surface area contributed by atoms with Crippen LogP contribution < -0.4 is 0 Å². The van der Waals surface area contributed by atoms with Crippen molar-refractivity contribution in [2.24, 2.45) is 23.7 Å². The molecular weight excluding hydrogens is 251 g/mol. The Hall–Kier alpha value is 0.0649. The average molecular weight is 292 g/mol. The van der Waals surface area contributed by atoms with Crippen molar-refractivity contribution in [1.82, 2.24) is 0 Å². The summed E-state index contributed by atoms with van der Waals surface area (Å²) in [5.74, 6) is 3.78. The molecule has 1 fully saturated rings. The first-order valence-electron chi connectivity index (χ1n) is 10.0. The molecule has 1 heteroatoms. The molecule has 0 aromatic heterocycles. The second-order valence-corrected chi connectivity index (χ2v) is 8.56. The maximum Gasteiger partial charge on any atom is 0.138 e. The highest BCUT2D eigenvalue weighted by molar-refractivity contribution is 6.69. The summed E-state index contributed by atoms with van der Waals surface area (Å²) in [7, 11) is 0. The van der Waals surface area contributed by atoms with Crippen LogP contribution in [0.15, 0.2) is 0 Å². The Kier molecular flexibility index (Phi) is 9.77. The minimum Gasteiger partial charge on any atom is -0.0806 e. The van der Waals surface area contributed by atoms with Crippen molar-refractivity contribution in [2.75, 3.05) is 0 Å².